The Kier molecular flexibility index (Phi) is 4.55. The van der Waals surface area contributed by atoms with Crippen LogP contribution in [0, 0.1) is 6.92 Å². The van der Waals surface area contributed by atoms with Crippen LogP contribution in [0.2, 0.25) is 0 Å². The van der Waals surface area contributed by atoms with Gasteiger partial charge in [-0.2, -0.15) is 5.10 Å². The predicted octanol–water partition coefficient (Wildman–Crippen LogP) is 5.91. The summed E-state index contributed by atoms with van der Waals surface area (Å²) in [6.45, 7) is 3.66. The Morgan fingerprint density at radius 2 is 1.45 bits per heavy atom. The number of aromatic nitrogens is 2. The van der Waals surface area contributed by atoms with Crippen LogP contribution < -0.4 is 4.74 Å². The van der Waals surface area contributed by atoms with E-state index in [2.05, 4.69) is 31.2 Å². The number of ether oxygens (including phenoxy) is 1. The Hall–Kier alpha value is -3.92. The van der Waals surface area contributed by atoms with Gasteiger partial charge in [-0.3, -0.25) is 9.48 Å². The highest BCUT2D eigenvalue weighted by atomic mass is 16.5. The molecular formula is C27H22N2O2. The Morgan fingerprint density at radius 3 is 2.13 bits per heavy atom. The molecule has 0 spiro atoms. The molecule has 4 nitrogen and oxygen atoms in total. The fourth-order valence-corrected chi connectivity index (χ4v) is 3.98. The van der Waals surface area contributed by atoms with Gasteiger partial charge in [0.15, 0.2) is 5.78 Å². The van der Waals surface area contributed by atoms with Crippen LogP contribution in [0.4, 0.5) is 0 Å². The SMILES string of the molecule is CC(=O)c1ccc(C(=C2Oc3ccccc3-c3nn(C)cc32)c2ccc(C)cc2)cc1. The van der Waals surface area contributed by atoms with Crippen LogP contribution in [0.3, 0.4) is 0 Å². The van der Waals surface area contributed by atoms with Crippen molar-refractivity contribution in [1.82, 2.24) is 9.78 Å². The van der Waals surface area contributed by atoms with E-state index in [9.17, 15) is 4.79 Å². The Bertz CT molecular complexity index is 1330. The van der Waals surface area contributed by atoms with Crippen molar-refractivity contribution < 1.29 is 9.53 Å². The molecule has 0 unspecified atom stereocenters. The molecule has 0 saturated heterocycles. The highest BCUT2D eigenvalue weighted by Crippen LogP contribution is 2.45. The molecule has 2 heterocycles. The first-order valence-electron chi connectivity index (χ1n) is 10.3. The minimum Gasteiger partial charge on any atom is -0.455 e. The van der Waals surface area contributed by atoms with Crippen molar-refractivity contribution in [1.29, 1.82) is 0 Å². The van der Waals surface area contributed by atoms with Crippen molar-refractivity contribution in [3.05, 3.63) is 107 Å². The molecule has 4 aromatic rings. The van der Waals surface area contributed by atoms with Gasteiger partial charge in [0.2, 0.25) is 0 Å². The molecule has 1 aromatic heterocycles. The number of hydrogen-bond donors (Lipinski definition) is 0. The number of fused-ring (bicyclic) bond motifs is 3. The van der Waals surface area contributed by atoms with Crippen molar-refractivity contribution in [3.63, 3.8) is 0 Å². The molecule has 1 aliphatic rings. The second-order valence-corrected chi connectivity index (χ2v) is 7.87. The number of Topliss-reactive ketones (excluding diaryl/α,β-unsaturated/α-hetero) is 1. The van der Waals surface area contributed by atoms with E-state index in [1.807, 2.05) is 66.5 Å². The first-order chi connectivity index (χ1) is 15.0. The zero-order valence-electron chi connectivity index (χ0n) is 17.7. The fourth-order valence-electron chi connectivity index (χ4n) is 3.98. The second kappa shape index (κ2) is 7.40. The molecule has 0 aliphatic carbocycles. The lowest BCUT2D eigenvalue weighted by Crippen LogP contribution is -2.07. The van der Waals surface area contributed by atoms with Gasteiger partial charge < -0.3 is 4.74 Å². The minimum absolute atomic E-state index is 0.0495. The second-order valence-electron chi connectivity index (χ2n) is 7.87. The number of nitrogens with zero attached hydrogens (tertiary/aromatic N) is 2. The molecule has 0 radical (unpaired) electrons. The smallest absolute Gasteiger partial charge is 0.159 e. The molecule has 0 saturated carbocycles. The van der Waals surface area contributed by atoms with Crippen LogP contribution in [0.5, 0.6) is 5.75 Å². The van der Waals surface area contributed by atoms with Gasteiger partial charge in [-0.15, -0.1) is 0 Å². The lowest BCUT2D eigenvalue weighted by Gasteiger charge is -2.23. The van der Waals surface area contributed by atoms with Crippen LogP contribution >= 0.6 is 0 Å². The van der Waals surface area contributed by atoms with Crippen molar-refractivity contribution in [2.24, 2.45) is 7.05 Å². The Labute approximate surface area is 181 Å². The zero-order chi connectivity index (χ0) is 21.5. The van der Waals surface area contributed by atoms with E-state index < -0.39 is 0 Å². The van der Waals surface area contributed by atoms with E-state index in [1.54, 1.807) is 6.92 Å². The molecule has 1 aliphatic heterocycles. The van der Waals surface area contributed by atoms with Gasteiger partial charge in [0.05, 0.1) is 5.56 Å². The summed E-state index contributed by atoms with van der Waals surface area (Å²) in [5.74, 6) is 1.60. The zero-order valence-corrected chi connectivity index (χ0v) is 17.7. The van der Waals surface area contributed by atoms with Gasteiger partial charge >= 0.3 is 0 Å². The van der Waals surface area contributed by atoms with Gasteiger partial charge in [0.25, 0.3) is 0 Å². The number of hydrogen-bond acceptors (Lipinski definition) is 3. The molecule has 0 amide bonds. The van der Waals surface area contributed by atoms with Crippen LogP contribution in [0.15, 0.2) is 79.0 Å². The number of ketones is 1. The molecule has 0 bridgehead atoms. The fraction of sp³-hybridized carbons (Fsp3) is 0.111. The number of carbonyl (C=O) groups is 1. The van der Waals surface area contributed by atoms with Crippen LogP contribution in [0.25, 0.3) is 22.6 Å². The first kappa shape index (κ1) is 19.1. The summed E-state index contributed by atoms with van der Waals surface area (Å²) in [6.07, 6.45) is 2.00. The minimum atomic E-state index is 0.0495. The van der Waals surface area contributed by atoms with Gasteiger partial charge in [-0.1, -0.05) is 66.2 Å². The van der Waals surface area contributed by atoms with E-state index in [1.165, 1.54) is 5.56 Å². The number of benzene rings is 3. The standard InChI is InChI=1S/C27H22N2O2/c1-17-8-10-20(11-9-17)25(21-14-12-19(13-15-21)18(2)30)27-23-16-29(3)28-26(23)22-6-4-5-7-24(22)31-27/h4-16H,1-3H3. The summed E-state index contributed by atoms with van der Waals surface area (Å²) in [6, 6.07) is 24.1. The van der Waals surface area contributed by atoms with Gasteiger partial charge in [-0.25, -0.2) is 0 Å². The molecule has 4 heteroatoms. The third-order valence-electron chi connectivity index (χ3n) is 5.58. The first-order valence-corrected chi connectivity index (χ1v) is 10.3. The van der Waals surface area contributed by atoms with Crippen LogP contribution in [0.1, 0.15) is 39.5 Å². The maximum Gasteiger partial charge on any atom is 0.159 e. The topological polar surface area (TPSA) is 44.1 Å². The number of para-hydroxylation sites is 1. The van der Waals surface area contributed by atoms with E-state index in [0.29, 0.717) is 5.56 Å². The highest BCUT2D eigenvalue weighted by Gasteiger charge is 2.28. The average molecular weight is 406 g/mol. The lowest BCUT2D eigenvalue weighted by molar-refractivity contribution is 0.101. The summed E-state index contributed by atoms with van der Waals surface area (Å²) in [5.41, 5.74) is 7.72. The van der Waals surface area contributed by atoms with Gasteiger partial charge in [-0.05, 0) is 37.1 Å². The quantitative estimate of drug-likeness (QED) is 0.398. The summed E-state index contributed by atoms with van der Waals surface area (Å²) >= 11 is 0. The van der Waals surface area contributed by atoms with Gasteiger partial charge in [0, 0.05) is 29.9 Å². The van der Waals surface area contributed by atoms with Crippen molar-refractivity contribution in [2.45, 2.75) is 13.8 Å². The number of aryl methyl sites for hydroxylation is 2. The molecule has 152 valence electrons. The summed E-state index contributed by atoms with van der Waals surface area (Å²) < 4.78 is 8.33. The van der Waals surface area contributed by atoms with Crippen LogP contribution in [-0.4, -0.2) is 15.6 Å². The number of carbonyl (C=O) groups excluding carboxylic acids is 1. The Morgan fingerprint density at radius 1 is 0.839 bits per heavy atom. The van der Waals surface area contributed by atoms with Gasteiger partial charge in [0.1, 0.15) is 17.2 Å². The third kappa shape index (κ3) is 3.36. The summed E-state index contributed by atoms with van der Waals surface area (Å²) in [7, 11) is 1.92. The maximum atomic E-state index is 11.8. The molecule has 5 rings (SSSR count). The van der Waals surface area contributed by atoms with E-state index in [4.69, 9.17) is 9.84 Å². The van der Waals surface area contributed by atoms with Crippen molar-refractivity contribution >= 4 is 17.1 Å². The van der Waals surface area contributed by atoms with E-state index in [-0.39, 0.29) is 5.78 Å². The monoisotopic (exact) mass is 406 g/mol. The number of rotatable bonds is 3. The van der Waals surface area contributed by atoms with E-state index in [0.717, 1.165) is 45.0 Å². The van der Waals surface area contributed by atoms with Crippen LogP contribution in [-0.2, 0) is 7.05 Å². The van der Waals surface area contributed by atoms with Crippen molar-refractivity contribution in [3.8, 4) is 17.0 Å². The molecule has 0 atom stereocenters. The average Bonchev–Trinajstić information content (AvgIpc) is 3.17. The third-order valence-corrected chi connectivity index (χ3v) is 5.58. The lowest BCUT2D eigenvalue weighted by atomic mass is 9.91. The maximum absolute atomic E-state index is 11.8. The molecular weight excluding hydrogens is 384 g/mol. The molecule has 0 N–H and O–H groups in total. The van der Waals surface area contributed by atoms with Crippen molar-refractivity contribution in [2.75, 3.05) is 0 Å². The van der Waals surface area contributed by atoms with E-state index >= 15 is 0 Å². The summed E-state index contributed by atoms with van der Waals surface area (Å²) in [5, 5.41) is 4.72. The molecule has 0 fully saturated rings. The largest absolute Gasteiger partial charge is 0.455 e. The highest BCUT2D eigenvalue weighted by molar-refractivity contribution is 6.02. The molecule has 31 heavy (non-hydrogen) atoms. The predicted molar refractivity (Wildman–Crippen MR) is 123 cm³/mol. The molecule has 3 aromatic carbocycles. The summed E-state index contributed by atoms with van der Waals surface area (Å²) in [4.78, 5) is 11.8. The Balaban J connectivity index is 1.80. The normalized spacial score (nSPS) is 13.8.